The van der Waals surface area contributed by atoms with E-state index < -0.39 is 0 Å². The van der Waals surface area contributed by atoms with Gasteiger partial charge in [-0.05, 0) is 26.3 Å². The van der Waals surface area contributed by atoms with E-state index in [1.54, 1.807) is 0 Å². The molecule has 0 aromatic heterocycles. The van der Waals surface area contributed by atoms with Gasteiger partial charge in [0, 0.05) is 36.0 Å². The van der Waals surface area contributed by atoms with E-state index in [1.807, 2.05) is 42.5 Å². The van der Waals surface area contributed by atoms with Gasteiger partial charge in [0.05, 0.1) is 5.92 Å². The van der Waals surface area contributed by atoms with Crippen LogP contribution in [-0.2, 0) is 0 Å². The van der Waals surface area contributed by atoms with Crippen LogP contribution in [0, 0.1) is 0 Å². The molecule has 0 fully saturated rings. The second-order valence-corrected chi connectivity index (χ2v) is 9.88. The molecule has 0 spiro atoms. The number of hydrogen-bond acceptors (Lipinski definition) is 3. The summed E-state index contributed by atoms with van der Waals surface area (Å²) < 4.78 is 0. The van der Waals surface area contributed by atoms with Gasteiger partial charge >= 0.3 is 0 Å². The molecule has 0 heterocycles. The van der Waals surface area contributed by atoms with Gasteiger partial charge in [-0.2, -0.15) is 0 Å². The number of Topliss-reactive ketones (excluding diaryl/α,β-unsaturated/α-hetero) is 1. The molecule has 1 unspecified atom stereocenters. The fraction of sp³-hybridized carbons (Fsp3) is 0.594. The van der Waals surface area contributed by atoms with Crippen molar-refractivity contribution in [1.82, 2.24) is 0 Å². The summed E-state index contributed by atoms with van der Waals surface area (Å²) in [6.07, 6.45) is 16.4. The first-order valence-electron chi connectivity index (χ1n) is 14.3. The molecule has 0 radical (unpaired) electrons. The van der Waals surface area contributed by atoms with Crippen LogP contribution in [0.5, 0.6) is 5.75 Å². The van der Waals surface area contributed by atoms with Crippen LogP contribution in [0.3, 0.4) is 0 Å². The third-order valence-corrected chi connectivity index (χ3v) is 7.24. The molecular formula is C32H49NO2. The highest BCUT2D eigenvalue weighted by atomic mass is 16.3. The van der Waals surface area contributed by atoms with Gasteiger partial charge in [0.1, 0.15) is 5.75 Å². The zero-order chi connectivity index (χ0) is 25.3. The van der Waals surface area contributed by atoms with Gasteiger partial charge in [-0.15, -0.1) is 0 Å². The second kappa shape index (κ2) is 17.2. The topological polar surface area (TPSA) is 40.5 Å². The zero-order valence-corrected chi connectivity index (χ0v) is 22.6. The van der Waals surface area contributed by atoms with Crippen LogP contribution >= 0.6 is 0 Å². The van der Waals surface area contributed by atoms with E-state index in [1.165, 1.54) is 64.2 Å². The molecule has 2 rings (SSSR count). The number of phenolic OH excluding ortho intramolecular Hbond substituents is 1. The minimum absolute atomic E-state index is 0.111. The predicted molar refractivity (Wildman–Crippen MR) is 151 cm³/mol. The normalized spacial score (nSPS) is 12.0. The van der Waals surface area contributed by atoms with E-state index in [2.05, 4.69) is 31.7 Å². The van der Waals surface area contributed by atoms with Crippen LogP contribution < -0.4 is 4.90 Å². The smallest absolute Gasteiger partial charge is 0.170 e. The average Bonchev–Trinajstić information content (AvgIpc) is 2.88. The highest BCUT2D eigenvalue weighted by Crippen LogP contribution is 2.35. The maximum Gasteiger partial charge on any atom is 0.170 e. The number of ketones is 1. The molecule has 0 aliphatic heterocycles. The lowest BCUT2D eigenvalue weighted by Gasteiger charge is -2.23. The van der Waals surface area contributed by atoms with Crippen LogP contribution in [0.25, 0.3) is 0 Å². The van der Waals surface area contributed by atoms with Crippen molar-refractivity contribution in [2.24, 2.45) is 0 Å². The lowest BCUT2D eigenvalue weighted by Crippen LogP contribution is -2.22. The van der Waals surface area contributed by atoms with Gasteiger partial charge < -0.3 is 10.0 Å². The molecule has 0 bridgehead atoms. The molecule has 0 aliphatic rings. The lowest BCUT2D eigenvalue weighted by atomic mass is 9.85. The molecule has 1 atom stereocenters. The van der Waals surface area contributed by atoms with Crippen molar-refractivity contribution in [2.45, 2.75) is 110 Å². The first-order chi connectivity index (χ1) is 17.1. The zero-order valence-electron chi connectivity index (χ0n) is 22.6. The van der Waals surface area contributed by atoms with Gasteiger partial charge in [-0.25, -0.2) is 0 Å². The highest BCUT2D eigenvalue weighted by molar-refractivity contribution is 6.01. The first-order valence-corrected chi connectivity index (χ1v) is 14.3. The van der Waals surface area contributed by atoms with Crippen molar-refractivity contribution < 1.29 is 9.90 Å². The number of carbonyl (C=O) groups is 1. The molecule has 194 valence electrons. The van der Waals surface area contributed by atoms with E-state index >= 15 is 0 Å². The third-order valence-electron chi connectivity index (χ3n) is 7.24. The molecule has 3 nitrogen and oxygen atoms in total. The Hall–Kier alpha value is -2.29. The third kappa shape index (κ3) is 10.1. The molecule has 35 heavy (non-hydrogen) atoms. The van der Waals surface area contributed by atoms with Crippen LogP contribution in [0.2, 0.25) is 0 Å². The quantitative estimate of drug-likeness (QED) is 0.161. The van der Waals surface area contributed by atoms with Gasteiger partial charge in [-0.1, -0.05) is 120 Å². The number of rotatable bonds is 19. The van der Waals surface area contributed by atoms with Gasteiger partial charge in [-0.3, -0.25) is 4.79 Å². The van der Waals surface area contributed by atoms with E-state index in [9.17, 15) is 9.90 Å². The first kappa shape index (κ1) is 28.9. The Morgan fingerprint density at radius 2 is 1.29 bits per heavy atom. The van der Waals surface area contributed by atoms with E-state index in [-0.39, 0.29) is 17.5 Å². The van der Waals surface area contributed by atoms with Crippen LogP contribution in [0.1, 0.15) is 126 Å². The lowest BCUT2D eigenvalue weighted by molar-refractivity contribution is 0.0952. The monoisotopic (exact) mass is 479 g/mol. The summed E-state index contributed by atoms with van der Waals surface area (Å²) in [6.45, 7) is 8.28. The van der Waals surface area contributed by atoms with Crippen molar-refractivity contribution in [1.29, 1.82) is 0 Å². The van der Waals surface area contributed by atoms with Crippen molar-refractivity contribution in [3.8, 4) is 5.75 Å². The second-order valence-electron chi connectivity index (χ2n) is 9.88. The number of carbonyl (C=O) groups excluding carboxylic acids is 1. The maximum atomic E-state index is 13.4. The number of phenols is 1. The standard InChI is InChI=1S/C32H49NO2/c1-4-7-8-9-10-11-12-13-14-15-16-20-23-30(32(35)27-21-18-17-19-22-27)29-25-24-28(26-31(29)34)33(5-2)6-3/h17-19,21-22,24-26,30,34H,4-16,20,23H2,1-3H3. The molecule has 2 aromatic rings. The Balaban J connectivity index is 1.90. The number of unbranched alkanes of at least 4 members (excludes halogenated alkanes) is 11. The summed E-state index contributed by atoms with van der Waals surface area (Å²) in [5, 5.41) is 10.9. The molecule has 3 heteroatoms. The van der Waals surface area contributed by atoms with Crippen LogP contribution in [-0.4, -0.2) is 24.0 Å². The van der Waals surface area contributed by atoms with Gasteiger partial charge in [0.15, 0.2) is 5.78 Å². The largest absolute Gasteiger partial charge is 0.508 e. The fourth-order valence-electron chi connectivity index (χ4n) is 5.03. The average molecular weight is 480 g/mol. The summed E-state index contributed by atoms with van der Waals surface area (Å²) in [6, 6.07) is 15.4. The van der Waals surface area contributed by atoms with Crippen LogP contribution in [0.4, 0.5) is 5.69 Å². The van der Waals surface area contributed by atoms with E-state index in [4.69, 9.17) is 0 Å². The minimum atomic E-state index is -0.300. The number of nitrogens with zero attached hydrogens (tertiary/aromatic N) is 1. The van der Waals surface area contributed by atoms with Gasteiger partial charge in [0.25, 0.3) is 0 Å². The SMILES string of the molecule is CCCCCCCCCCCCCCC(C(=O)c1ccccc1)c1ccc(N(CC)CC)cc1O. The molecule has 0 saturated heterocycles. The Kier molecular flexibility index (Phi) is 14.2. The van der Waals surface area contributed by atoms with E-state index in [0.717, 1.165) is 49.2 Å². The maximum absolute atomic E-state index is 13.4. The summed E-state index contributed by atoms with van der Waals surface area (Å²) in [5.74, 6) is 0.0495. The molecule has 0 amide bonds. The highest BCUT2D eigenvalue weighted by Gasteiger charge is 2.24. The van der Waals surface area contributed by atoms with Crippen LogP contribution in [0.15, 0.2) is 48.5 Å². The Morgan fingerprint density at radius 3 is 1.80 bits per heavy atom. The van der Waals surface area contributed by atoms with Crippen molar-refractivity contribution in [2.75, 3.05) is 18.0 Å². The number of anilines is 1. The fourth-order valence-corrected chi connectivity index (χ4v) is 5.03. The number of hydrogen-bond donors (Lipinski definition) is 1. The van der Waals surface area contributed by atoms with Crippen molar-refractivity contribution in [3.05, 3.63) is 59.7 Å². The molecular weight excluding hydrogens is 430 g/mol. The molecule has 0 aliphatic carbocycles. The summed E-state index contributed by atoms with van der Waals surface area (Å²) in [4.78, 5) is 15.7. The summed E-state index contributed by atoms with van der Waals surface area (Å²) in [5.41, 5.74) is 2.49. The number of aromatic hydroxyl groups is 1. The van der Waals surface area contributed by atoms with Crippen molar-refractivity contribution >= 4 is 11.5 Å². The Labute approximate surface area is 215 Å². The molecule has 0 saturated carbocycles. The Morgan fingerprint density at radius 1 is 0.743 bits per heavy atom. The van der Waals surface area contributed by atoms with Gasteiger partial charge in [0.2, 0.25) is 0 Å². The Bertz CT molecular complexity index is 829. The predicted octanol–water partition coefficient (Wildman–Crippen LogP) is 9.30. The molecule has 1 N–H and O–H groups in total. The summed E-state index contributed by atoms with van der Waals surface area (Å²) in [7, 11) is 0. The molecule has 2 aromatic carbocycles. The van der Waals surface area contributed by atoms with Crippen molar-refractivity contribution in [3.63, 3.8) is 0 Å². The minimum Gasteiger partial charge on any atom is -0.508 e. The van der Waals surface area contributed by atoms with E-state index in [0.29, 0.717) is 0 Å². The number of benzene rings is 2. The summed E-state index contributed by atoms with van der Waals surface area (Å²) >= 11 is 0.